The lowest BCUT2D eigenvalue weighted by Gasteiger charge is -2.07. The van der Waals surface area contributed by atoms with Gasteiger partial charge in [-0.25, -0.2) is 0 Å². The molecule has 0 aliphatic heterocycles. The van der Waals surface area contributed by atoms with Crippen molar-refractivity contribution in [2.75, 3.05) is 0 Å². The molecule has 0 aliphatic rings. The summed E-state index contributed by atoms with van der Waals surface area (Å²) in [6.07, 6.45) is 5.55. The van der Waals surface area contributed by atoms with Gasteiger partial charge in [0.2, 0.25) is 0 Å². The molecule has 0 atom stereocenters. The second-order valence-electron chi connectivity index (χ2n) is 3.25. The van der Waals surface area contributed by atoms with Gasteiger partial charge in [0.1, 0.15) is 4.99 Å². The van der Waals surface area contributed by atoms with E-state index in [9.17, 15) is 0 Å². The molecule has 2 rings (SSSR count). The zero-order chi connectivity index (χ0) is 10.7. The summed E-state index contributed by atoms with van der Waals surface area (Å²) in [5.74, 6) is 0. The van der Waals surface area contributed by atoms with Crippen molar-refractivity contribution in [2.24, 2.45) is 5.73 Å². The van der Waals surface area contributed by atoms with Crippen LogP contribution >= 0.6 is 12.2 Å². The van der Waals surface area contributed by atoms with E-state index in [0.717, 1.165) is 17.8 Å². The number of nitrogens with zero attached hydrogens (tertiary/aromatic N) is 2. The molecule has 3 nitrogen and oxygen atoms in total. The number of pyridine rings is 1. The summed E-state index contributed by atoms with van der Waals surface area (Å²) in [6.45, 7) is 0.744. The minimum atomic E-state index is 0.420. The Morgan fingerprint density at radius 2 is 2.27 bits per heavy atom. The maximum atomic E-state index is 5.61. The first kappa shape index (κ1) is 9.86. The minimum absolute atomic E-state index is 0.420. The highest BCUT2D eigenvalue weighted by molar-refractivity contribution is 7.80. The molecule has 0 amide bonds. The van der Waals surface area contributed by atoms with Gasteiger partial charge in [-0.2, -0.15) is 0 Å². The Morgan fingerprint density at radius 1 is 1.40 bits per heavy atom. The second-order valence-corrected chi connectivity index (χ2v) is 3.69. The highest BCUT2D eigenvalue weighted by atomic mass is 32.1. The first-order chi connectivity index (χ1) is 7.27. The Hall–Kier alpha value is -1.68. The molecular formula is C11H11N3S. The lowest BCUT2D eigenvalue weighted by atomic mass is 10.3. The van der Waals surface area contributed by atoms with Crippen molar-refractivity contribution in [1.82, 2.24) is 9.55 Å². The Kier molecular flexibility index (Phi) is 2.78. The van der Waals surface area contributed by atoms with Crippen LogP contribution in [0.25, 0.3) is 0 Å². The largest absolute Gasteiger partial charge is 0.388 e. The fraction of sp³-hybridized carbons (Fsp3) is 0.0909. The van der Waals surface area contributed by atoms with Gasteiger partial charge in [-0.15, -0.1) is 0 Å². The Labute approximate surface area is 93.6 Å². The van der Waals surface area contributed by atoms with Gasteiger partial charge in [-0.05, 0) is 23.8 Å². The molecule has 4 heteroatoms. The van der Waals surface area contributed by atoms with Gasteiger partial charge < -0.3 is 10.3 Å². The summed E-state index contributed by atoms with van der Waals surface area (Å²) < 4.78 is 2.01. The SMILES string of the molecule is NC(=S)c1cccn1Cc1cccnc1. The highest BCUT2D eigenvalue weighted by Crippen LogP contribution is 2.06. The molecule has 2 heterocycles. The molecule has 76 valence electrons. The molecule has 0 saturated heterocycles. The van der Waals surface area contributed by atoms with E-state index in [2.05, 4.69) is 4.98 Å². The van der Waals surface area contributed by atoms with E-state index >= 15 is 0 Å². The lowest BCUT2D eigenvalue weighted by Crippen LogP contribution is -2.15. The van der Waals surface area contributed by atoms with Gasteiger partial charge in [0, 0.05) is 25.1 Å². The van der Waals surface area contributed by atoms with Crippen LogP contribution in [0.15, 0.2) is 42.9 Å². The first-order valence-corrected chi connectivity index (χ1v) is 5.02. The van der Waals surface area contributed by atoms with Crippen molar-refractivity contribution in [1.29, 1.82) is 0 Å². The molecule has 15 heavy (non-hydrogen) atoms. The average Bonchev–Trinajstić information content (AvgIpc) is 2.67. The van der Waals surface area contributed by atoms with Crippen LogP contribution in [0.3, 0.4) is 0 Å². The number of aromatic nitrogens is 2. The third-order valence-corrected chi connectivity index (χ3v) is 2.37. The fourth-order valence-corrected chi connectivity index (χ4v) is 1.65. The molecule has 0 saturated carbocycles. The van der Waals surface area contributed by atoms with Crippen molar-refractivity contribution in [2.45, 2.75) is 6.54 Å². The number of thiocarbonyl (C=S) groups is 1. The molecule has 2 aromatic rings. The van der Waals surface area contributed by atoms with Crippen LogP contribution in [0.5, 0.6) is 0 Å². The molecule has 0 spiro atoms. The summed E-state index contributed by atoms with van der Waals surface area (Å²) in [6, 6.07) is 7.79. The highest BCUT2D eigenvalue weighted by Gasteiger charge is 2.03. The molecular weight excluding hydrogens is 206 g/mol. The molecule has 2 N–H and O–H groups in total. The van der Waals surface area contributed by atoms with Gasteiger partial charge in [0.05, 0.1) is 5.69 Å². The molecule has 0 aromatic carbocycles. The van der Waals surface area contributed by atoms with Gasteiger partial charge in [0.25, 0.3) is 0 Å². The zero-order valence-corrected chi connectivity index (χ0v) is 8.95. The maximum Gasteiger partial charge on any atom is 0.120 e. The number of rotatable bonds is 3. The van der Waals surface area contributed by atoms with E-state index < -0.39 is 0 Å². The topological polar surface area (TPSA) is 43.8 Å². The third-order valence-electron chi connectivity index (χ3n) is 2.16. The zero-order valence-electron chi connectivity index (χ0n) is 8.13. The van der Waals surface area contributed by atoms with Gasteiger partial charge in [-0.1, -0.05) is 18.3 Å². The van der Waals surface area contributed by atoms with E-state index in [4.69, 9.17) is 18.0 Å². The molecule has 2 aromatic heterocycles. The van der Waals surface area contributed by atoms with Gasteiger partial charge in [-0.3, -0.25) is 4.98 Å². The number of hydrogen-bond acceptors (Lipinski definition) is 2. The third kappa shape index (κ3) is 2.22. The van der Waals surface area contributed by atoms with E-state index in [1.807, 2.05) is 41.2 Å². The van der Waals surface area contributed by atoms with Crippen LogP contribution in [-0.4, -0.2) is 14.5 Å². The van der Waals surface area contributed by atoms with Gasteiger partial charge >= 0.3 is 0 Å². The minimum Gasteiger partial charge on any atom is -0.388 e. The monoisotopic (exact) mass is 217 g/mol. The summed E-state index contributed by atoms with van der Waals surface area (Å²) >= 11 is 4.96. The van der Waals surface area contributed by atoms with Crippen LogP contribution in [0.2, 0.25) is 0 Å². The average molecular weight is 217 g/mol. The molecule has 0 unspecified atom stereocenters. The first-order valence-electron chi connectivity index (χ1n) is 4.61. The van der Waals surface area contributed by atoms with E-state index in [0.29, 0.717) is 4.99 Å². The predicted octanol–water partition coefficient (Wildman–Crippen LogP) is 1.57. The molecule has 0 fully saturated rings. The standard InChI is InChI=1S/C11H11N3S/c12-11(15)10-4-2-6-14(10)8-9-3-1-5-13-7-9/h1-7H,8H2,(H2,12,15). The fourth-order valence-electron chi connectivity index (χ4n) is 1.46. The van der Waals surface area contributed by atoms with Crippen molar-refractivity contribution < 1.29 is 0 Å². The summed E-state index contributed by atoms with van der Waals surface area (Å²) in [5, 5.41) is 0. The van der Waals surface area contributed by atoms with Crippen molar-refractivity contribution in [3.63, 3.8) is 0 Å². The van der Waals surface area contributed by atoms with E-state index in [1.54, 1.807) is 6.20 Å². The smallest absolute Gasteiger partial charge is 0.120 e. The Morgan fingerprint density at radius 3 is 2.93 bits per heavy atom. The van der Waals surface area contributed by atoms with Crippen molar-refractivity contribution in [3.8, 4) is 0 Å². The van der Waals surface area contributed by atoms with Gasteiger partial charge in [0.15, 0.2) is 0 Å². The predicted molar refractivity (Wildman–Crippen MR) is 63.7 cm³/mol. The Bertz CT molecular complexity index is 462. The van der Waals surface area contributed by atoms with E-state index in [1.165, 1.54) is 0 Å². The van der Waals surface area contributed by atoms with Crippen LogP contribution < -0.4 is 5.73 Å². The van der Waals surface area contributed by atoms with E-state index in [-0.39, 0.29) is 0 Å². The number of hydrogen-bond donors (Lipinski definition) is 1. The van der Waals surface area contributed by atoms with Crippen LogP contribution in [0.4, 0.5) is 0 Å². The van der Waals surface area contributed by atoms with Crippen molar-refractivity contribution >= 4 is 17.2 Å². The molecule has 0 bridgehead atoms. The normalized spacial score (nSPS) is 10.1. The van der Waals surface area contributed by atoms with Crippen LogP contribution in [0.1, 0.15) is 11.3 Å². The quantitative estimate of drug-likeness (QED) is 0.794. The Balaban J connectivity index is 2.25. The molecule has 0 radical (unpaired) electrons. The van der Waals surface area contributed by atoms with Crippen LogP contribution in [0, 0.1) is 0 Å². The summed E-state index contributed by atoms with van der Waals surface area (Å²) in [4.78, 5) is 4.48. The second kappa shape index (κ2) is 4.23. The maximum absolute atomic E-state index is 5.61. The van der Waals surface area contributed by atoms with Crippen molar-refractivity contribution in [3.05, 3.63) is 54.1 Å². The lowest BCUT2D eigenvalue weighted by molar-refractivity contribution is 0.794. The summed E-state index contributed by atoms with van der Waals surface area (Å²) in [7, 11) is 0. The summed E-state index contributed by atoms with van der Waals surface area (Å²) in [5.41, 5.74) is 7.62. The number of nitrogens with two attached hydrogens (primary N) is 1. The van der Waals surface area contributed by atoms with Crippen LogP contribution in [-0.2, 0) is 6.54 Å². The molecule has 0 aliphatic carbocycles.